The molecule has 1 nitrogen and oxygen atoms in total. The predicted octanol–water partition coefficient (Wildman–Crippen LogP) is 4.26. The fraction of sp³-hybridized carbons (Fsp3) is 0.429. The van der Waals surface area contributed by atoms with Gasteiger partial charge in [0.2, 0.25) is 0 Å². The molecule has 1 aromatic rings. The fourth-order valence-electron chi connectivity index (χ4n) is 2.43. The number of hydrogen-bond donors (Lipinski definition) is 0. The molecule has 1 saturated carbocycles. The van der Waals surface area contributed by atoms with Crippen molar-refractivity contribution < 1.29 is 4.74 Å². The molecule has 1 heteroatoms. The Kier molecular flexibility index (Phi) is 3.44. The summed E-state index contributed by atoms with van der Waals surface area (Å²) in [5.74, 6) is 1.68. The third kappa shape index (κ3) is 2.41. The Morgan fingerprint density at radius 3 is 2.60 bits per heavy atom. The molecule has 0 spiro atoms. The minimum absolute atomic E-state index is 0.690. The zero-order chi connectivity index (χ0) is 10.5. The average molecular weight is 202 g/mol. The minimum Gasteiger partial charge on any atom is -0.465 e. The van der Waals surface area contributed by atoms with Gasteiger partial charge in [0.1, 0.15) is 5.75 Å². The zero-order valence-electron chi connectivity index (χ0n) is 9.11. The molecule has 0 radical (unpaired) electrons. The van der Waals surface area contributed by atoms with Gasteiger partial charge in [0, 0.05) is 0 Å². The van der Waals surface area contributed by atoms with Gasteiger partial charge in [-0.2, -0.15) is 0 Å². The first-order valence-corrected chi connectivity index (χ1v) is 5.78. The molecular formula is C14H18O. The maximum atomic E-state index is 5.45. The van der Waals surface area contributed by atoms with Crippen LogP contribution in [0.2, 0.25) is 0 Å². The van der Waals surface area contributed by atoms with Crippen molar-refractivity contribution in [1.82, 2.24) is 0 Å². The SMILES string of the molecule is C=COc1ccccc1C1CCCCC1. The van der Waals surface area contributed by atoms with E-state index in [0.29, 0.717) is 5.92 Å². The molecule has 1 fully saturated rings. The Hall–Kier alpha value is -1.24. The highest BCUT2D eigenvalue weighted by Crippen LogP contribution is 2.37. The van der Waals surface area contributed by atoms with Crippen molar-refractivity contribution in [2.45, 2.75) is 38.0 Å². The maximum absolute atomic E-state index is 5.45. The summed E-state index contributed by atoms with van der Waals surface area (Å²) < 4.78 is 5.45. The smallest absolute Gasteiger partial charge is 0.129 e. The van der Waals surface area contributed by atoms with Gasteiger partial charge in [-0.15, -0.1) is 0 Å². The lowest BCUT2D eigenvalue weighted by Gasteiger charge is -2.23. The fourth-order valence-corrected chi connectivity index (χ4v) is 2.43. The second-order valence-corrected chi connectivity index (χ2v) is 4.16. The molecule has 0 heterocycles. The van der Waals surface area contributed by atoms with E-state index >= 15 is 0 Å². The first-order chi connectivity index (χ1) is 7.42. The molecule has 80 valence electrons. The molecular weight excluding hydrogens is 184 g/mol. The summed E-state index contributed by atoms with van der Waals surface area (Å²) in [6.07, 6.45) is 8.22. The van der Waals surface area contributed by atoms with Crippen LogP contribution in [0.15, 0.2) is 37.1 Å². The molecule has 0 atom stereocenters. The van der Waals surface area contributed by atoms with E-state index in [4.69, 9.17) is 4.74 Å². The highest BCUT2D eigenvalue weighted by atomic mass is 16.5. The second kappa shape index (κ2) is 5.01. The van der Waals surface area contributed by atoms with E-state index in [0.717, 1.165) is 5.75 Å². The average Bonchev–Trinajstić information content (AvgIpc) is 2.31. The van der Waals surface area contributed by atoms with Gasteiger partial charge in [-0.05, 0) is 30.4 Å². The normalized spacial score (nSPS) is 17.3. The highest BCUT2D eigenvalue weighted by molar-refractivity contribution is 5.36. The summed E-state index contributed by atoms with van der Waals surface area (Å²) in [4.78, 5) is 0. The summed E-state index contributed by atoms with van der Waals surface area (Å²) in [5, 5.41) is 0. The van der Waals surface area contributed by atoms with Gasteiger partial charge >= 0.3 is 0 Å². The summed E-state index contributed by atoms with van der Waals surface area (Å²) in [5.41, 5.74) is 1.36. The van der Waals surface area contributed by atoms with E-state index in [-0.39, 0.29) is 0 Å². The standard InChI is InChI=1S/C14H18O/c1-2-15-14-11-7-6-10-13(14)12-8-4-3-5-9-12/h2,6-7,10-12H,1,3-5,8-9H2. The predicted molar refractivity (Wildman–Crippen MR) is 63.1 cm³/mol. The van der Waals surface area contributed by atoms with Gasteiger partial charge in [-0.3, -0.25) is 0 Å². The van der Waals surface area contributed by atoms with Crippen LogP contribution in [0, 0.1) is 0 Å². The third-order valence-electron chi connectivity index (χ3n) is 3.17. The van der Waals surface area contributed by atoms with Crippen LogP contribution in [-0.2, 0) is 0 Å². The largest absolute Gasteiger partial charge is 0.465 e. The molecule has 0 unspecified atom stereocenters. The van der Waals surface area contributed by atoms with Crippen LogP contribution in [0.5, 0.6) is 5.75 Å². The number of para-hydroxylation sites is 1. The maximum Gasteiger partial charge on any atom is 0.129 e. The Balaban J connectivity index is 2.20. The summed E-state index contributed by atoms with van der Waals surface area (Å²) in [6.45, 7) is 3.62. The Morgan fingerprint density at radius 1 is 1.13 bits per heavy atom. The molecule has 0 N–H and O–H groups in total. The molecule has 2 rings (SSSR count). The first kappa shape index (κ1) is 10.3. The van der Waals surface area contributed by atoms with E-state index in [1.54, 1.807) is 0 Å². The van der Waals surface area contributed by atoms with Crippen LogP contribution in [0.4, 0.5) is 0 Å². The number of ether oxygens (including phenoxy) is 1. The zero-order valence-corrected chi connectivity index (χ0v) is 9.11. The Morgan fingerprint density at radius 2 is 1.87 bits per heavy atom. The van der Waals surface area contributed by atoms with Crippen molar-refractivity contribution in [2.75, 3.05) is 0 Å². The van der Waals surface area contributed by atoms with Gasteiger partial charge in [-0.25, -0.2) is 0 Å². The van der Waals surface area contributed by atoms with Crippen LogP contribution in [0.1, 0.15) is 43.6 Å². The lowest BCUT2D eigenvalue weighted by molar-refractivity contribution is 0.419. The van der Waals surface area contributed by atoms with E-state index in [2.05, 4.69) is 18.7 Å². The van der Waals surface area contributed by atoms with Crippen LogP contribution in [-0.4, -0.2) is 0 Å². The van der Waals surface area contributed by atoms with E-state index in [1.807, 2.05) is 12.1 Å². The van der Waals surface area contributed by atoms with Crippen molar-refractivity contribution in [3.8, 4) is 5.75 Å². The van der Waals surface area contributed by atoms with E-state index in [1.165, 1.54) is 43.9 Å². The van der Waals surface area contributed by atoms with Gasteiger partial charge < -0.3 is 4.74 Å². The number of hydrogen-bond acceptors (Lipinski definition) is 1. The van der Waals surface area contributed by atoms with Crippen molar-refractivity contribution >= 4 is 0 Å². The molecule has 0 bridgehead atoms. The Labute approximate surface area is 91.8 Å². The van der Waals surface area contributed by atoms with E-state index < -0.39 is 0 Å². The Bertz CT molecular complexity index is 324. The molecule has 1 aliphatic rings. The monoisotopic (exact) mass is 202 g/mol. The number of rotatable bonds is 3. The molecule has 1 aliphatic carbocycles. The van der Waals surface area contributed by atoms with Gasteiger partial charge in [-0.1, -0.05) is 44.0 Å². The van der Waals surface area contributed by atoms with Gasteiger partial charge in [0.05, 0.1) is 6.26 Å². The van der Waals surface area contributed by atoms with Crippen LogP contribution < -0.4 is 4.74 Å². The summed E-state index contributed by atoms with van der Waals surface area (Å²) in [7, 11) is 0. The highest BCUT2D eigenvalue weighted by Gasteiger charge is 2.18. The van der Waals surface area contributed by atoms with Crippen molar-refractivity contribution in [3.05, 3.63) is 42.7 Å². The molecule has 15 heavy (non-hydrogen) atoms. The molecule has 0 aromatic heterocycles. The quantitative estimate of drug-likeness (QED) is 0.665. The summed E-state index contributed by atoms with van der Waals surface area (Å²) in [6, 6.07) is 8.34. The van der Waals surface area contributed by atoms with Crippen LogP contribution in [0.25, 0.3) is 0 Å². The molecule has 0 aliphatic heterocycles. The topological polar surface area (TPSA) is 9.23 Å². The third-order valence-corrected chi connectivity index (χ3v) is 3.17. The molecule has 1 aromatic carbocycles. The molecule has 0 amide bonds. The molecule has 0 saturated heterocycles. The lowest BCUT2D eigenvalue weighted by atomic mass is 9.84. The van der Waals surface area contributed by atoms with Crippen LogP contribution >= 0.6 is 0 Å². The second-order valence-electron chi connectivity index (χ2n) is 4.16. The van der Waals surface area contributed by atoms with Crippen LogP contribution in [0.3, 0.4) is 0 Å². The van der Waals surface area contributed by atoms with Crippen molar-refractivity contribution in [1.29, 1.82) is 0 Å². The first-order valence-electron chi connectivity index (χ1n) is 5.78. The van der Waals surface area contributed by atoms with E-state index in [9.17, 15) is 0 Å². The lowest BCUT2D eigenvalue weighted by Crippen LogP contribution is -2.05. The van der Waals surface area contributed by atoms with Gasteiger partial charge in [0.25, 0.3) is 0 Å². The van der Waals surface area contributed by atoms with Crippen molar-refractivity contribution in [3.63, 3.8) is 0 Å². The minimum atomic E-state index is 0.690. The number of benzene rings is 1. The van der Waals surface area contributed by atoms with Gasteiger partial charge in [0.15, 0.2) is 0 Å². The summed E-state index contributed by atoms with van der Waals surface area (Å²) >= 11 is 0. The van der Waals surface area contributed by atoms with Crippen molar-refractivity contribution in [2.24, 2.45) is 0 Å².